The lowest BCUT2D eigenvalue weighted by Gasteiger charge is -1.83. The molecule has 0 aliphatic rings. The van der Waals surface area contributed by atoms with Crippen LogP contribution in [0.25, 0.3) is 0 Å². The summed E-state index contributed by atoms with van der Waals surface area (Å²) in [6, 6.07) is 1.52. The highest BCUT2D eigenvalue weighted by Gasteiger charge is 2.02. The number of hydrogen-bond donors (Lipinski definition) is 2. The number of nitriles is 1. The van der Waals surface area contributed by atoms with Crippen LogP contribution in [-0.2, 0) is 4.79 Å². The summed E-state index contributed by atoms with van der Waals surface area (Å²) >= 11 is 3.72. The number of rotatable bonds is 2. The van der Waals surface area contributed by atoms with E-state index in [1.807, 2.05) is 0 Å². The first kappa shape index (κ1) is 8.05. The Hall–Kier alpha value is -0.950. The van der Waals surface area contributed by atoms with Crippen LogP contribution < -0.4 is 0 Å². The Bertz CT molecular complexity index is 180. The molecule has 0 aliphatic heterocycles. The van der Waals surface area contributed by atoms with E-state index in [2.05, 4.69) is 12.6 Å². The average molecular weight is 143 g/mol. The normalized spacial score (nSPS) is 10.4. The summed E-state index contributed by atoms with van der Waals surface area (Å²) in [5.41, 5.74) is -0.259. The highest BCUT2D eigenvalue weighted by Crippen LogP contribution is 1.91. The zero-order valence-electron chi connectivity index (χ0n) is 4.53. The SMILES string of the molecule is N#CC(=CCS)C(=O)O. The van der Waals surface area contributed by atoms with E-state index in [0.29, 0.717) is 0 Å². The lowest BCUT2D eigenvalue weighted by Crippen LogP contribution is -1.97. The summed E-state index contributed by atoms with van der Waals surface area (Å²) in [5, 5.41) is 16.3. The van der Waals surface area contributed by atoms with Crippen LogP contribution in [-0.4, -0.2) is 16.8 Å². The van der Waals surface area contributed by atoms with Gasteiger partial charge in [0.25, 0.3) is 0 Å². The Kier molecular flexibility index (Phi) is 3.56. The maximum Gasteiger partial charge on any atom is 0.346 e. The molecule has 0 heterocycles. The molecule has 0 unspecified atom stereocenters. The van der Waals surface area contributed by atoms with Crippen LogP contribution in [0.2, 0.25) is 0 Å². The Balaban J connectivity index is 4.20. The van der Waals surface area contributed by atoms with E-state index in [4.69, 9.17) is 10.4 Å². The fourth-order valence-corrected chi connectivity index (χ4v) is 0.455. The summed E-state index contributed by atoms with van der Waals surface area (Å²) in [6.07, 6.45) is 1.24. The number of hydrogen-bond acceptors (Lipinski definition) is 3. The van der Waals surface area contributed by atoms with Gasteiger partial charge in [-0.25, -0.2) is 4.79 Å². The smallest absolute Gasteiger partial charge is 0.346 e. The Morgan fingerprint density at radius 3 is 2.56 bits per heavy atom. The largest absolute Gasteiger partial charge is 0.477 e. The van der Waals surface area contributed by atoms with Gasteiger partial charge in [-0.05, 0) is 6.08 Å². The van der Waals surface area contributed by atoms with Gasteiger partial charge in [0, 0.05) is 5.75 Å². The molecule has 0 bridgehead atoms. The summed E-state index contributed by atoms with van der Waals surface area (Å²) in [7, 11) is 0. The number of carboxylic acids is 1. The van der Waals surface area contributed by atoms with E-state index in [0.717, 1.165) is 0 Å². The van der Waals surface area contributed by atoms with Gasteiger partial charge in [-0.3, -0.25) is 0 Å². The summed E-state index contributed by atoms with van der Waals surface area (Å²) in [6.45, 7) is 0. The predicted molar refractivity (Wildman–Crippen MR) is 35.2 cm³/mol. The van der Waals surface area contributed by atoms with Gasteiger partial charge in [-0.1, -0.05) is 0 Å². The standard InChI is InChI=1S/C5H5NO2S/c6-3-4(1-2-9)5(7)8/h1,9H,2H2,(H,7,8). The van der Waals surface area contributed by atoms with Crippen molar-refractivity contribution in [3.63, 3.8) is 0 Å². The highest BCUT2D eigenvalue weighted by molar-refractivity contribution is 7.80. The number of nitrogens with zero attached hydrogens (tertiary/aromatic N) is 1. The molecule has 0 radical (unpaired) electrons. The first-order valence-corrected chi connectivity index (χ1v) is 2.80. The minimum Gasteiger partial charge on any atom is -0.477 e. The van der Waals surface area contributed by atoms with Gasteiger partial charge < -0.3 is 5.11 Å². The van der Waals surface area contributed by atoms with Crippen molar-refractivity contribution in [1.29, 1.82) is 5.26 Å². The Morgan fingerprint density at radius 2 is 2.44 bits per heavy atom. The number of carbonyl (C=O) groups is 1. The van der Waals surface area contributed by atoms with Gasteiger partial charge in [-0.2, -0.15) is 17.9 Å². The Labute approximate surface area is 58.0 Å². The molecule has 0 fully saturated rings. The van der Waals surface area contributed by atoms with Crippen LogP contribution in [0.1, 0.15) is 0 Å². The second kappa shape index (κ2) is 3.98. The van der Waals surface area contributed by atoms with Gasteiger partial charge in [0.15, 0.2) is 0 Å². The second-order valence-electron chi connectivity index (χ2n) is 1.22. The topological polar surface area (TPSA) is 61.1 Å². The molecule has 0 spiro atoms. The van der Waals surface area contributed by atoms with E-state index in [1.165, 1.54) is 12.1 Å². The Morgan fingerprint density at radius 1 is 1.89 bits per heavy atom. The fraction of sp³-hybridized carbons (Fsp3) is 0.200. The summed E-state index contributed by atoms with van der Waals surface area (Å²) < 4.78 is 0. The molecule has 0 aromatic carbocycles. The second-order valence-corrected chi connectivity index (χ2v) is 1.58. The fourth-order valence-electron chi connectivity index (χ4n) is 0.272. The van der Waals surface area contributed by atoms with Gasteiger partial charge >= 0.3 is 5.97 Å². The number of carboxylic acid groups (broad SMARTS) is 1. The third-order valence-corrected chi connectivity index (χ3v) is 0.829. The number of aliphatic carboxylic acids is 1. The molecule has 0 aromatic heterocycles. The zero-order chi connectivity index (χ0) is 7.28. The summed E-state index contributed by atoms with van der Waals surface area (Å²) in [5.74, 6) is -0.929. The van der Waals surface area contributed by atoms with Crippen LogP contribution in [0.4, 0.5) is 0 Å². The van der Waals surface area contributed by atoms with E-state index in [-0.39, 0.29) is 11.3 Å². The third-order valence-electron chi connectivity index (χ3n) is 0.646. The molecule has 3 nitrogen and oxygen atoms in total. The van der Waals surface area contributed by atoms with E-state index in [9.17, 15) is 4.79 Å². The molecule has 0 aliphatic carbocycles. The van der Waals surface area contributed by atoms with Crippen molar-refractivity contribution in [1.82, 2.24) is 0 Å². The first-order valence-electron chi connectivity index (χ1n) is 2.16. The van der Waals surface area contributed by atoms with Gasteiger partial charge in [0.05, 0.1) is 0 Å². The monoisotopic (exact) mass is 143 g/mol. The first-order chi connectivity index (χ1) is 4.22. The van der Waals surface area contributed by atoms with Gasteiger partial charge in [0.2, 0.25) is 0 Å². The van der Waals surface area contributed by atoms with Gasteiger partial charge in [-0.15, -0.1) is 0 Å². The van der Waals surface area contributed by atoms with E-state index >= 15 is 0 Å². The van der Waals surface area contributed by atoms with Crippen molar-refractivity contribution in [3.8, 4) is 6.07 Å². The molecular weight excluding hydrogens is 138 g/mol. The van der Waals surface area contributed by atoms with Crippen LogP contribution >= 0.6 is 12.6 Å². The van der Waals surface area contributed by atoms with Crippen LogP contribution in [0.3, 0.4) is 0 Å². The molecule has 9 heavy (non-hydrogen) atoms. The molecular formula is C5H5NO2S. The van der Waals surface area contributed by atoms with Crippen molar-refractivity contribution in [2.75, 3.05) is 5.75 Å². The molecule has 0 saturated carbocycles. The quantitative estimate of drug-likeness (QED) is 0.335. The lowest BCUT2D eigenvalue weighted by atomic mass is 10.3. The molecule has 0 atom stereocenters. The molecule has 4 heteroatoms. The molecule has 0 rings (SSSR count). The van der Waals surface area contributed by atoms with Crippen LogP contribution in [0.15, 0.2) is 11.6 Å². The van der Waals surface area contributed by atoms with Gasteiger partial charge in [0.1, 0.15) is 11.6 Å². The third kappa shape index (κ3) is 2.77. The maximum absolute atomic E-state index is 10.00. The lowest BCUT2D eigenvalue weighted by molar-refractivity contribution is -0.132. The minimum atomic E-state index is -1.20. The van der Waals surface area contributed by atoms with Crippen LogP contribution in [0.5, 0.6) is 0 Å². The van der Waals surface area contributed by atoms with Crippen molar-refractivity contribution in [3.05, 3.63) is 11.6 Å². The predicted octanol–water partition coefficient (Wildman–Crippen LogP) is 0.451. The summed E-state index contributed by atoms with van der Waals surface area (Å²) in [4.78, 5) is 10.00. The molecule has 0 amide bonds. The van der Waals surface area contributed by atoms with Crippen LogP contribution in [0, 0.1) is 11.3 Å². The zero-order valence-corrected chi connectivity index (χ0v) is 5.43. The van der Waals surface area contributed by atoms with Crippen molar-refractivity contribution in [2.24, 2.45) is 0 Å². The highest BCUT2D eigenvalue weighted by atomic mass is 32.1. The van der Waals surface area contributed by atoms with E-state index < -0.39 is 5.97 Å². The van der Waals surface area contributed by atoms with Crippen molar-refractivity contribution in [2.45, 2.75) is 0 Å². The molecule has 0 saturated heterocycles. The van der Waals surface area contributed by atoms with E-state index in [1.54, 1.807) is 0 Å². The van der Waals surface area contributed by atoms with Crippen molar-refractivity contribution < 1.29 is 9.90 Å². The number of thiol groups is 1. The minimum absolute atomic E-state index is 0.259. The van der Waals surface area contributed by atoms with Crippen molar-refractivity contribution >= 4 is 18.6 Å². The maximum atomic E-state index is 10.00. The average Bonchev–Trinajstić information content (AvgIpc) is 1.82. The molecule has 48 valence electrons. The molecule has 1 N–H and O–H groups in total. The molecule has 0 aromatic rings.